The highest BCUT2D eigenvalue weighted by atomic mass is 32.1. The third kappa shape index (κ3) is 2.45. The number of amides is 1. The molecule has 17 heavy (non-hydrogen) atoms. The van der Waals surface area contributed by atoms with Gasteiger partial charge in [0.2, 0.25) is 0 Å². The number of hydrogen-bond donors (Lipinski definition) is 2. The third-order valence-corrected chi connectivity index (χ3v) is 3.48. The summed E-state index contributed by atoms with van der Waals surface area (Å²) in [5.74, 6) is -0.611. The standard InChI is InChI=1S/C12H12FNO2S/c1-7(6-15)14-12(16)11-5-8-9(13)3-2-4-10(8)17-11/h2-5,7,15H,6H2,1H3,(H,14,16)/t7-/m0/s1. The summed E-state index contributed by atoms with van der Waals surface area (Å²) in [6.45, 7) is 1.58. The number of carbonyl (C=O) groups excluding carboxylic acids is 1. The molecule has 1 heterocycles. The summed E-state index contributed by atoms with van der Waals surface area (Å²) in [7, 11) is 0. The van der Waals surface area contributed by atoms with E-state index in [0.29, 0.717) is 10.3 Å². The molecule has 1 aromatic heterocycles. The number of halogens is 1. The molecular weight excluding hydrogens is 241 g/mol. The van der Waals surface area contributed by atoms with Crippen LogP contribution < -0.4 is 5.32 Å². The Morgan fingerprint density at radius 2 is 2.35 bits per heavy atom. The van der Waals surface area contributed by atoms with Crippen molar-refractivity contribution >= 4 is 27.3 Å². The Bertz CT molecular complexity index is 552. The van der Waals surface area contributed by atoms with E-state index in [1.165, 1.54) is 23.5 Å². The van der Waals surface area contributed by atoms with Crippen LogP contribution in [0.2, 0.25) is 0 Å². The maximum atomic E-state index is 13.4. The van der Waals surface area contributed by atoms with E-state index in [2.05, 4.69) is 5.32 Å². The molecule has 0 aliphatic carbocycles. The Labute approximate surface area is 102 Å². The second-order valence-corrected chi connectivity index (χ2v) is 4.90. The van der Waals surface area contributed by atoms with E-state index in [4.69, 9.17) is 5.11 Å². The molecule has 1 atom stereocenters. The number of aliphatic hydroxyl groups excluding tert-OH is 1. The van der Waals surface area contributed by atoms with Crippen molar-refractivity contribution in [3.8, 4) is 0 Å². The molecule has 1 amide bonds. The zero-order valence-electron chi connectivity index (χ0n) is 9.24. The van der Waals surface area contributed by atoms with Crippen molar-refractivity contribution in [1.82, 2.24) is 5.32 Å². The Morgan fingerprint density at radius 3 is 3.00 bits per heavy atom. The number of aliphatic hydroxyl groups is 1. The highest BCUT2D eigenvalue weighted by molar-refractivity contribution is 7.20. The topological polar surface area (TPSA) is 49.3 Å². The number of rotatable bonds is 3. The lowest BCUT2D eigenvalue weighted by molar-refractivity contribution is 0.0926. The third-order valence-electron chi connectivity index (χ3n) is 2.38. The number of hydrogen-bond acceptors (Lipinski definition) is 3. The maximum absolute atomic E-state index is 13.4. The average Bonchev–Trinajstić information content (AvgIpc) is 2.74. The monoisotopic (exact) mass is 253 g/mol. The van der Waals surface area contributed by atoms with Crippen LogP contribution in [0.1, 0.15) is 16.6 Å². The molecule has 3 nitrogen and oxygen atoms in total. The van der Waals surface area contributed by atoms with Gasteiger partial charge in [-0.1, -0.05) is 6.07 Å². The summed E-state index contributed by atoms with van der Waals surface area (Å²) < 4.78 is 14.2. The first kappa shape index (κ1) is 12.0. The van der Waals surface area contributed by atoms with Gasteiger partial charge in [-0.15, -0.1) is 11.3 Å². The molecule has 5 heteroatoms. The van der Waals surface area contributed by atoms with E-state index >= 15 is 0 Å². The fraction of sp³-hybridized carbons (Fsp3) is 0.250. The van der Waals surface area contributed by atoms with Crippen molar-refractivity contribution in [1.29, 1.82) is 0 Å². The predicted molar refractivity (Wildman–Crippen MR) is 65.8 cm³/mol. The maximum Gasteiger partial charge on any atom is 0.261 e. The molecule has 0 unspecified atom stereocenters. The smallest absolute Gasteiger partial charge is 0.261 e. The van der Waals surface area contributed by atoms with Crippen LogP contribution in [-0.4, -0.2) is 23.7 Å². The van der Waals surface area contributed by atoms with Crippen molar-refractivity contribution in [2.24, 2.45) is 0 Å². The fourth-order valence-corrected chi connectivity index (χ4v) is 2.46. The van der Waals surface area contributed by atoms with Crippen molar-refractivity contribution < 1.29 is 14.3 Å². The highest BCUT2D eigenvalue weighted by Gasteiger charge is 2.13. The molecule has 2 aromatic rings. The van der Waals surface area contributed by atoms with Crippen molar-refractivity contribution in [2.75, 3.05) is 6.61 Å². The molecule has 0 aliphatic rings. The lowest BCUT2D eigenvalue weighted by atomic mass is 10.2. The van der Waals surface area contributed by atoms with Crippen molar-refractivity contribution in [2.45, 2.75) is 13.0 Å². The zero-order valence-corrected chi connectivity index (χ0v) is 10.1. The Kier molecular flexibility index (Phi) is 3.40. The fourth-order valence-electron chi connectivity index (χ4n) is 1.48. The van der Waals surface area contributed by atoms with Gasteiger partial charge in [0.05, 0.1) is 11.5 Å². The van der Waals surface area contributed by atoms with Gasteiger partial charge in [0.25, 0.3) is 5.91 Å². The number of nitrogens with one attached hydrogen (secondary N) is 1. The molecule has 0 fully saturated rings. The molecule has 90 valence electrons. The Morgan fingerprint density at radius 1 is 1.59 bits per heavy atom. The second kappa shape index (κ2) is 4.81. The molecule has 0 aliphatic heterocycles. The van der Waals surface area contributed by atoms with E-state index in [-0.39, 0.29) is 24.4 Å². The summed E-state index contributed by atoms with van der Waals surface area (Å²) in [5.41, 5.74) is 0. The SMILES string of the molecule is C[C@@H](CO)NC(=O)c1cc2c(F)cccc2s1. The van der Waals surface area contributed by atoms with E-state index < -0.39 is 0 Å². The lowest BCUT2D eigenvalue weighted by Gasteiger charge is -2.08. The van der Waals surface area contributed by atoms with Crippen LogP contribution in [0.3, 0.4) is 0 Å². The normalized spacial score (nSPS) is 12.6. The quantitative estimate of drug-likeness (QED) is 0.880. The van der Waals surface area contributed by atoms with Gasteiger partial charge in [0, 0.05) is 16.1 Å². The molecule has 1 aromatic carbocycles. The van der Waals surface area contributed by atoms with E-state index in [9.17, 15) is 9.18 Å². The van der Waals surface area contributed by atoms with Gasteiger partial charge in [-0.2, -0.15) is 0 Å². The van der Waals surface area contributed by atoms with Crippen LogP contribution in [0.15, 0.2) is 24.3 Å². The number of benzene rings is 1. The number of thiophene rings is 1. The molecule has 2 N–H and O–H groups in total. The Balaban J connectivity index is 2.30. The molecule has 2 rings (SSSR count). The van der Waals surface area contributed by atoms with Gasteiger partial charge < -0.3 is 10.4 Å². The van der Waals surface area contributed by atoms with Gasteiger partial charge in [0.15, 0.2) is 0 Å². The van der Waals surface area contributed by atoms with Gasteiger partial charge in [-0.3, -0.25) is 4.79 Å². The first-order valence-electron chi connectivity index (χ1n) is 5.21. The minimum atomic E-state index is -0.326. The number of fused-ring (bicyclic) bond motifs is 1. The van der Waals surface area contributed by atoms with Crippen molar-refractivity contribution in [3.05, 3.63) is 35.0 Å². The van der Waals surface area contributed by atoms with E-state index in [1.807, 2.05) is 0 Å². The van der Waals surface area contributed by atoms with Gasteiger partial charge in [0.1, 0.15) is 5.82 Å². The summed E-state index contributed by atoms with van der Waals surface area (Å²) in [5, 5.41) is 11.9. The van der Waals surface area contributed by atoms with Gasteiger partial charge in [-0.05, 0) is 25.1 Å². The van der Waals surface area contributed by atoms with Crippen LogP contribution in [0.5, 0.6) is 0 Å². The highest BCUT2D eigenvalue weighted by Crippen LogP contribution is 2.27. The largest absolute Gasteiger partial charge is 0.394 e. The van der Waals surface area contributed by atoms with Crippen LogP contribution >= 0.6 is 11.3 Å². The van der Waals surface area contributed by atoms with E-state index in [1.54, 1.807) is 19.1 Å². The minimum absolute atomic E-state index is 0.120. The minimum Gasteiger partial charge on any atom is -0.394 e. The van der Waals surface area contributed by atoms with Crippen LogP contribution in [-0.2, 0) is 0 Å². The number of carbonyl (C=O) groups is 1. The molecular formula is C12H12FNO2S. The van der Waals surface area contributed by atoms with Crippen molar-refractivity contribution in [3.63, 3.8) is 0 Å². The summed E-state index contributed by atoms with van der Waals surface area (Å²) in [6.07, 6.45) is 0. The summed E-state index contributed by atoms with van der Waals surface area (Å²) in [4.78, 5) is 12.2. The average molecular weight is 253 g/mol. The van der Waals surface area contributed by atoms with Crippen LogP contribution in [0, 0.1) is 5.82 Å². The van der Waals surface area contributed by atoms with Crippen LogP contribution in [0.25, 0.3) is 10.1 Å². The Hall–Kier alpha value is -1.46. The molecule has 0 bridgehead atoms. The molecule has 0 saturated carbocycles. The van der Waals surface area contributed by atoms with Gasteiger partial charge >= 0.3 is 0 Å². The second-order valence-electron chi connectivity index (χ2n) is 3.82. The summed E-state index contributed by atoms with van der Waals surface area (Å²) in [6, 6.07) is 5.99. The lowest BCUT2D eigenvalue weighted by Crippen LogP contribution is -2.34. The predicted octanol–water partition coefficient (Wildman–Crippen LogP) is 2.15. The zero-order chi connectivity index (χ0) is 12.4. The first-order chi connectivity index (χ1) is 8.11. The molecule has 0 radical (unpaired) electrons. The van der Waals surface area contributed by atoms with E-state index in [0.717, 1.165) is 4.70 Å². The van der Waals surface area contributed by atoms with Gasteiger partial charge in [-0.25, -0.2) is 4.39 Å². The summed E-state index contributed by atoms with van der Waals surface area (Å²) >= 11 is 1.24. The molecule has 0 saturated heterocycles. The molecule has 0 spiro atoms. The first-order valence-corrected chi connectivity index (χ1v) is 6.03. The van der Waals surface area contributed by atoms with Crippen LogP contribution in [0.4, 0.5) is 4.39 Å².